The molecule has 4 rings (SSSR count). The summed E-state index contributed by atoms with van der Waals surface area (Å²) in [5, 5.41) is 3.69. The third-order valence-corrected chi connectivity index (χ3v) is 5.17. The van der Waals surface area contributed by atoms with Crippen molar-refractivity contribution in [3.8, 4) is 16.9 Å². The largest absolute Gasteiger partial charge is 0.496 e. The molecular weight excluding hydrogens is 404 g/mol. The monoisotopic (exact) mass is 426 g/mol. The summed E-state index contributed by atoms with van der Waals surface area (Å²) in [6.07, 6.45) is 3.21. The van der Waals surface area contributed by atoms with Crippen molar-refractivity contribution in [2.75, 3.05) is 12.4 Å². The number of hydrogen-bond donors (Lipinski definition) is 2. The van der Waals surface area contributed by atoms with E-state index in [9.17, 15) is 9.59 Å². The Balaban J connectivity index is 1.68. The first-order valence-electron chi connectivity index (χ1n) is 10.0. The van der Waals surface area contributed by atoms with Gasteiger partial charge in [-0.3, -0.25) is 9.59 Å². The van der Waals surface area contributed by atoms with Crippen molar-refractivity contribution in [2.24, 2.45) is 5.73 Å². The number of benzene rings is 3. The molecule has 6 heteroatoms. The maximum atomic E-state index is 12.6. The molecule has 0 spiro atoms. The second-order valence-corrected chi connectivity index (χ2v) is 7.33. The van der Waals surface area contributed by atoms with Gasteiger partial charge in [-0.2, -0.15) is 0 Å². The minimum absolute atomic E-state index is 0.323. The maximum Gasteiger partial charge on any atom is 0.248 e. The van der Waals surface area contributed by atoms with Crippen LogP contribution in [0.3, 0.4) is 0 Å². The van der Waals surface area contributed by atoms with Gasteiger partial charge in [0.05, 0.1) is 13.4 Å². The Morgan fingerprint density at radius 2 is 1.81 bits per heavy atom. The van der Waals surface area contributed by atoms with E-state index in [0.717, 1.165) is 22.1 Å². The Morgan fingerprint density at radius 3 is 2.53 bits per heavy atom. The van der Waals surface area contributed by atoms with Gasteiger partial charge in [0.25, 0.3) is 0 Å². The number of furan rings is 1. The smallest absolute Gasteiger partial charge is 0.248 e. The molecule has 1 heterocycles. The predicted molar refractivity (Wildman–Crippen MR) is 125 cm³/mol. The molecule has 0 fully saturated rings. The van der Waals surface area contributed by atoms with E-state index in [-0.39, 0.29) is 5.91 Å². The molecule has 0 atom stereocenters. The molecule has 160 valence electrons. The number of methoxy groups -OCH3 is 1. The van der Waals surface area contributed by atoms with Crippen LogP contribution in [0.25, 0.3) is 27.7 Å². The van der Waals surface area contributed by atoms with E-state index in [1.807, 2.05) is 49.4 Å². The van der Waals surface area contributed by atoms with Gasteiger partial charge in [-0.15, -0.1) is 0 Å². The molecular formula is C26H22N2O4. The van der Waals surface area contributed by atoms with Crippen molar-refractivity contribution < 1.29 is 18.7 Å². The molecule has 0 aliphatic rings. The molecule has 0 aliphatic heterocycles. The molecule has 0 radical (unpaired) electrons. The SMILES string of the molecule is COc1cc2occ(-c3ccccc3)c2cc1/C(C)=C/C(=O)Nc1cccc(C(N)=O)c1. The molecule has 0 saturated carbocycles. The maximum absolute atomic E-state index is 12.6. The quantitative estimate of drug-likeness (QED) is 0.412. The fourth-order valence-electron chi connectivity index (χ4n) is 3.58. The van der Waals surface area contributed by atoms with Crippen LogP contribution >= 0.6 is 0 Å². The number of ether oxygens (including phenoxy) is 1. The first-order chi connectivity index (χ1) is 15.5. The number of primary amides is 1. The second-order valence-electron chi connectivity index (χ2n) is 7.33. The van der Waals surface area contributed by atoms with Crippen LogP contribution in [0.15, 0.2) is 83.5 Å². The van der Waals surface area contributed by atoms with E-state index < -0.39 is 5.91 Å². The molecule has 32 heavy (non-hydrogen) atoms. The van der Waals surface area contributed by atoms with Crippen molar-refractivity contribution in [3.05, 3.63) is 90.2 Å². The summed E-state index contributed by atoms with van der Waals surface area (Å²) in [5.74, 6) is -0.286. The van der Waals surface area contributed by atoms with Gasteiger partial charge in [-0.1, -0.05) is 36.4 Å². The summed E-state index contributed by atoms with van der Waals surface area (Å²) in [5.41, 5.74) is 10.3. The first-order valence-corrected chi connectivity index (χ1v) is 10.0. The fraction of sp³-hybridized carbons (Fsp3) is 0.0769. The Bertz CT molecular complexity index is 1340. The van der Waals surface area contributed by atoms with Crippen LogP contribution in [-0.2, 0) is 4.79 Å². The lowest BCUT2D eigenvalue weighted by molar-refractivity contribution is -0.111. The van der Waals surface area contributed by atoms with Crippen molar-refractivity contribution >= 4 is 34.0 Å². The highest BCUT2D eigenvalue weighted by Gasteiger charge is 2.15. The van der Waals surface area contributed by atoms with Crippen LogP contribution in [0.2, 0.25) is 0 Å². The zero-order valence-electron chi connectivity index (χ0n) is 17.7. The summed E-state index contributed by atoms with van der Waals surface area (Å²) < 4.78 is 11.3. The van der Waals surface area contributed by atoms with Crippen LogP contribution in [0, 0.1) is 0 Å². The van der Waals surface area contributed by atoms with Crippen molar-refractivity contribution in [2.45, 2.75) is 6.92 Å². The van der Waals surface area contributed by atoms with Gasteiger partial charge in [0.2, 0.25) is 11.8 Å². The molecule has 0 saturated heterocycles. The van der Waals surface area contributed by atoms with Crippen LogP contribution < -0.4 is 15.8 Å². The van der Waals surface area contributed by atoms with E-state index in [1.54, 1.807) is 31.6 Å². The van der Waals surface area contributed by atoms with E-state index in [2.05, 4.69) is 5.32 Å². The standard InChI is InChI=1S/C26H22N2O4/c1-16(11-25(29)28-19-10-6-9-18(12-19)26(27)30)20-13-21-22(17-7-4-3-5-8-17)15-32-24(21)14-23(20)31-2/h3-15H,1-2H3,(H2,27,30)(H,28,29)/b16-11+. The summed E-state index contributed by atoms with van der Waals surface area (Å²) in [6, 6.07) is 20.2. The number of anilines is 1. The van der Waals surface area contributed by atoms with Crippen molar-refractivity contribution in [1.82, 2.24) is 0 Å². The minimum atomic E-state index is -0.555. The third kappa shape index (κ3) is 4.25. The summed E-state index contributed by atoms with van der Waals surface area (Å²) in [7, 11) is 1.58. The third-order valence-electron chi connectivity index (χ3n) is 5.17. The van der Waals surface area contributed by atoms with Gasteiger partial charge in [-0.25, -0.2) is 0 Å². The molecule has 3 aromatic carbocycles. The molecule has 1 aromatic heterocycles. The molecule has 4 aromatic rings. The highest BCUT2D eigenvalue weighted by atomic mass is 16.5. The zero-order chi connectivity index (χ0) is 22.7. The van der Waals surface area contributed by atoms with Crippen molar-refractivity contribution in [1.29, 1.82) is 0 Å². The first kappa shape index (κ1) is 20.9. The number of nitrogens with two attached hydrogens (primary N) is 1. The number of carbonyl (C=O) groups excluding carboxylic acids is 2. The highest BCUT2D eigenvalue weighted by molar-refractivity contribution is 6.06. The number of amides is 2. The van der Waals surface area contributed by atoms with Gasteiger partial charge in [0, 0.05) is 39.9 Å². The second kappa shape index (κ2) is 8.81. The summed E-state index contributed by atoms with van der Waals surface area (Å²) in [4.78, 5) is 24.0. The van der Waals surface area contributed by atoms with Crippen LogP contribution in [-0.4, -0.2) is 18.9 Å². The molecule has 6 nitrogen and oxygen atoms in total. The predicted octanol–water partition coefficient (Wildman–Crippen LogP) is 5.25. The number of carbonyl (C=O) groups is 2. The van der Waals surface area contributed by atoms with E-state index in [0.29, 0.717) is 28.2 Å². The lowest BCUT2D eigenvalue weighted by Crippen LogP contribution is -2.13. The Morgan fingerprint density at radius 1 is 1.03 bits per heavy atom. The van der Waals surface area contributed by atoms with Gasteiger partial charge in [0.15, 0.2) is 0 Å². The number of nitrogens with one attached hydrogen (secondary N) is 1. The van der Waals surface area contributed by atoms with Crippen molar-refractivity contribution in [3.63, 3.8) is 0 Å². The molecule has 3 N–H and O–H groups in total. The highest BCUT2D eigenvalue weighted by Crippen LogP contribution is 2.37. The van der Waals surface area contributed by atoms with Crippen LogP contribution in [0.4, 0.5) is 5.69 Å². The van der Waals surface area contributed by atoms with Gasteiger partial charge in [-0.05, 0) is 42.3 Å². The van der Waals surface area contributed by atoms with Gasteiger partial charge >= 0.3 is 0 Å². The Hall–Kier alpha value is -4.32. The number of allylic oxidation sites excluding steroid dienone is 1. The normalized spacial score (nSPS) is 11.4. The molecule has 0 unspecified atom stereocenters. The van der Waals surface area contributed by atoms with Crippen LogP contribution in [0.1, 0.15) is 22.8 Å². The topological polar surface area (TPSA) is 94.6 Å². The minimum Gasteiger partial charge on any atom is -0.496 e. The lowest BCUT2D eigenvalue weighted by atomic mass is 9.99. The Labute approximate surface area is 185 Å². The average molecular weight is 426 g/mol. The lowest BCUT2D eigenvalue weighted by Gasteiger charge is -2.10. The number of rotatable bonds is 6. The zero-order valence-corrected chi connectivity index (χ0v) is 17.7. The van der Waals surface area contributed by atoms with Crippen LogP contribution in [0.5, 0.6) is 5.75 Å². The summed E-state index contributed by atoms with van der Waals surface area (Å²) in [6.45, 7) is 1.84. The van der Waals surface area contributed by atoms with Gasteiger partial charge < -0.3 is 20.2 Å². The van der Waals surface area contributed by atoms with E-state index >= 15 is 0 Å². The molecule has 0 aliphatic carbocycles. The summed E-state index contributed by atoms with van der Waals surface area (Å²) >= 11 is 0. The van der Waals surface area contributed by atoms with E-state index in [4.69, 9.17) is 14.9 Å². The average Bonchev–Trinajstić information content (AvgIpc) is 3.21. The Kier molecular flexibility index (Phi) is 5.77. The van der Waals surface area contributed by atoms with E-state index in [1.165, 1.54) is 12.1 Å². The molecule has 0 bridgehead atoms. The number of fused-ring (bicyclic) bond motifs is 1. The van der Waals surface area contributed by atoms with Gasteiger partial charge in [0.1, 0.15) is 11.3 Å². The number of hydrogen-bond acceptors (Lipinski definition) is 4. The molecule has 2 amide bonds. The fourth-order valence-corrected chi connectivity index (χ4v) is 3.58.